The minimum Gasteiger partial charge on any atom is -0.392 e. The molecule has 1 heterocycles. The molecule has 0 aliphatic carbocycles. The molecule has 0 saturated carbocycles. The Morgan fingerprint density at radius 2 is 1.64 bits per heavy atom. The number of nitrogens with two attached hydrogens (primary N) is 2. The van der Waals surface area contributed by atoms with Crippen LogP contribution in [0.4, 0.5) is 0 Å². The number of ether oxygens (including phenoxy) is 1. The van der Waals surface area contributed by atoms with Gasteiger partial charge in [-0.15, -0.1) is 0 Å². The molecule has 84 valence electrons. The average Bonchev–Trinajstić information content (AvgIpc) is 2.11. The van der Waals surface area contributed by atoms with E-state index in [0.29, 0.717) is 0 Å². The highest BCUT2D eigenvalue weighted by Crippen LogP contribution is 2.28. The summed E-state index contributed by atoms with van der Waals surface area (Å²) in [6, 6.07) is 0. The summed E-state index contributed by atoms with van der Waals surface area (Å²) in [5, 5.41) is 45.7. The fourth-order valence-electron chi connectivity index (χ4n) is 1.26. The van der Waals surface area contributed by atoms with Crippen LogP contribution >= 0.6 is 0 Å². The zero-order valence-corrected chi connectivity index (χ0v) is 7.24. The van der Waals surface area contributed by atoms with Crippen molar-refractivity contribution in [2.24, 2.45) is 11.5 Å². The van der Waals surface area contributed by atoms with Gasteiger partial charge >= 0.3 is 0 Å². The van der Waals surface area contributed by atoms with Crippen molar-refractivity contribution >= 4 is 0 Å². The predicted octanol–water partition coefficient (Wildman–Crippen LogP) is -4.65. The number of rotatable bonds is 1. The minimum atomic E-state index is -2.61. The predicted molar refractivity (Wildman–Crippen MR) is 42.2 cm³/mol. The minimum absolute atomic E-state index is 0.878. The van der Waals surface area contributed by atoms with Gasteiger partial charge in [0.05, 0.1) is 6.61 Å². The van der Waals surface area contributed by atoms with Gasteiger partial charge in [0, 0.05) is 0 Å². The van der Waals surface area contributed by atoms with Crippen molar-refractivity contribution in [3.63, 3.8) is 0 Å². The maximum atomic E-state index is 9.31. The molecule has 0 radical (unpaired) electrons. The van der Waals surface area contributed by atoms with E-state index in [1.807, 2.05) is 0 Å². The first kappa shape index (κ1) is 11.8. The van der Waals surface area contributed by atoms with Crippen molar-refractivity contribution in [1.82, 2.24) is 0 Å². The van der Waals surface area contributed by atoms with Gasteiger partial charge in [0.2, 0.25) is 0 Å². The van der Waals surface area contributed by atoms with Gasteiger partial charge in [0.1, 0.15) is 12.2 Å². The second kappa shape index (κ2) is 3.36. The molecule has 0 spiro atoms. The maximum Gasteiger partial charge on any atom is 0.254 e. The fraction of sp³-hybridized carbons (Fsp3) is 1.00. The molecular formula is C6H14N2O6. The SMILES string of the molecule is N[C@]1(CO)O[C@@](N)(O)[C@H](O)[C@@H](O)[C@@H]1O. The largest absolute Gasteiger partial charge is 0.392 e. The monoisotopic (exact) mass is 210 g/mol. The summed E-state index contributed by atoms with van der Waals surface area (Å²) in [7, 11) is 0. The van der Waals surface area contributed by atoms with Gasteiger partial charge in [-0.05, 0) is 0 Å². The molecule has 0 aromatic rings. The quantitative estimate of drug-likeness (QED) is 0.212. The summed E-state index contributed by atoms with van der Waals surface area (Å²) in [5.41, 5.74) is 8.23. The molecule has 5 atom stereocenters. The first-order chi connectivity index (χ1) is 6.24. The zero-order chi connectivity index (χ0) is 11.1. The lowest BCUT2D eigenvalue weighted by atomic mass is 9.93. The Balaban J connectivity index is 2.96. The van der Waals surface area contributed by atoms with Crippen LogP contribution < -0.4 is 11.5 Å². The highest BCUT2D eigenvalue weighted by Gasteiger charge is 2.56. The van der Waals surface area contributed by atoms with E-state index in [2.05, 4.69) is 4.74 Å². The molecule has 9 N–H and O–H groups in total. The van der Waals surface area contributed by atoms with Gasteiger partial charge in [-0.25, -0.2) is 0 Å². The second-order valence-electron chi connectivity index (χ2n) is 3.35. The normalized spacial score (nSPS) is 54.6. The van der Waals surface area contributed by atoms with Gasteiger partial charge in [-0.3, -0.25) is 11.5 Å². The van der Waals surface area contributed by atoms with Crippen molar-refractivity contribution in [2.75, 3.05) is 6.61 Å². The van der Waals surface area contributed by atoms with Gasteiger partial charge in [0.15, 0.2) is 11.8 Å². The van der Waals surface area contributed by atoms with Crippen molar-refractivity contribution in [3.05, 3.63) is 0 Å². The number of aliphatic hydroxyl groups excluding tert-OH is 4. The molecule has 0 amide bonds. The van der Waals surface area contributed by atoms with Crippen LogP contribution in [0.25, 0.3) is 0 Å². The summed E-state index contributed by atoms with van der Waals surface area (Å²) in [4.78, 5) is 0. The molecule has 0 unspecified atom stereocenters. The Labute approximate surface area is 79.3 Å². The molecule has 0 bridgehead atoms. The number of aliphatic hydroxyl groups is 5. The van der Waals surface area contributed by atoms with E-state index in [9.17, 15) is 15.3 Å². The summed E-state index contributed by atoms with van der Waals surface area (Å²) in [6.45, 7) is -0.878. The second-order valence-corrected chi connectivity index (χ2v) is 3.35. The molecule has 14 heavy (non-hydrogen) atoms. The van der Waals surface area contributed by atoms with Crippen LogP contribution in [0, 0.1) is 0 Å². The Morgan fingerprint density at radius 3 is 2.07 bits per heavy atom. The molecule has 1 rings (SSSR count). The molecule has 0 aromatic carbocycles. The third kappa shape index (κ3) is 1.62. The van der Waals surface area contributed by atoms with Crippen molar-refractivity contribution in [1.29, 1.82) is 0 Å². The Morgan fingerprint density at radius 1 is 1.14 bits per heavy atom. The summed E-state index contributed by atoms with van der Waals surface area (Å²) in [5.74, 6) is -2.61. The maximum absolute atomic E-state index is 9.31. The van der Waals surface area contributed by atoms with E-state index < -0.39 is 36.6 Å². The Hall–Kier alpha value is -0.320. The van der Waals surface area contributed by atoms with E-state index >= 15 is 0 Å². The Bertz CT molecular complexity index is 224. The van der Waals surface area contributed by atoms with Crippen LogP contribution in [0.1, 0.15) is 0 Å². The van der Waals surface area contributed by atoms with Crippen molar-refractivity contribution in [3.8, 4) is 0 Å². The lowest BCUT2D eigenvalue weighted by molar-refractivity contribution is -0.379. The van der Waals surface area contributed by atoms with Crippen LogP contribution in [0.15, 0.2) is 0 Å². The lowest BCUT2D eigenvalue weighted by Crippen LogP contribution is -2.76. The molecule has 1 aliphatic rings. The summed E-state index contributed by atoms with van der Waals surface area (Å²) < 4.78 is 4.51. The highest BCUT2D eigenvalue weighted by molar-refractivity contribution is 4.99. The van der Waals surface area contributed by atoms with Gasteiger partial charge in [-0.1, -0.05) is 0 Å². The third-order valence-electron chi connectivity index (χ3n) is 2.17. The average molecular weight is 210 g/mol. The molecule has 1 fully saturated rings. The number of hydrogen-bond donors (Lipinski definition) is 7. The first-order valence-electron chi connectivity index (χ1n) is 3.90. The van der Waals surface area contributed by atoms with Crippen molar-refractivity contribution in [2.45, 2.75) is 29.9 Å². The van der Waals surface area contributed by atoms with Crippen molar-refractivity contribution < 1.29 is 30.3 Å². The van der Waals surface area contributed by atoms with E-state index in [0.717, 1.165) is 0 Å². The van der Waals surface area contributed by atoms with Gasteiger partial charge in [-0.2, -0.15) is 0 Å². The molecule has 1 saturated heterocycles. The van der Waals surface area contributed by atoms with Gasteiger partial charge < -0.3 is 30.3 Å². The van der Waals surface area contributed by atoms with Crippen LogP contribution in [0.3, 0.4) is 0 Å². The molecule has 8 nitrogen and oxygen atoms in total. The van der Waals surface area contributed by atoms with Crippen LogP contribution in [-0.2, 0) is 4.74 Å². The van der Waals surface area contributed by atoms with Crippen LogP contribution in [0.5, 0.6) is 0 Å². The molecule has 1 aliphatic heterocycles. The lowest BCUT2D eigenvalue weighted by Gasteiger charge is -2.48. The zero-order valence-electron chi connectivity index (χ0n) is 7.24. The summed E-state index contributed by atoms with van der Waals surface area (Å²) >= 11 is 0. The first-order valence-corrected chi connectivity index (χ1v) is 3.90. The topological polar surface area (TPSA) is 162 Å². The fourth-order valence-corrected chi connectivity index (χ4v) is 1.26. The van der Waals surface area contributed by atoms with E-state index in [4.69, 9.17) is 21.7 Å². The highest BCUT2D eigenvalue weighted by atomic mass is 16.7. The van der Waals surface area contributed by atoms with E-state index in [-0.39, 0.29) is 0 Å². The summed E-state index contributed by atoms with van der Waals surface area (Å²) in [6.07, 6.45) is -5.48. The van der Waals surface area contributed by atoms with Gasteiger partial charge in [0.25, 0.3) is 5.91 Å². The number of hydrogen-bond acceptors (Lipinski definition) is 8. The van der Waals surface area contributed by atoms with E-state index in [1.54, 1.807) is 0 Å². The smallest absolute Gasteiger partial charge is 0.254 e. The van der Waals surface area contributed by atoms with Crippen LogP contribution in [0.2, 0.25) is 0 Å². The molecule has 0 aromatic heterocycles. The van der Waals surface area contributed by atoms with Crippen LogP contribution in [-0.4, -0.2) is 62.1 Å². The van der Waals surface area contributed by atoms with E-state index in [1.165, 1.54) is 0 Å². The molecule has 8 heteroatoms. The third-order valence-corrected chi connectivity index (χ3v) is 2.17. The standard InChI is InChI=1S/C6H14N2O6/c7-5(1-9)3(11)2(10)4(12)6(8,13)14-5/h2-4,9-13H,1,7-8H2/t2-,3-,4+,5+,6-/m0/s1. The Kier molecular flexibility index (Phi) is 2.82. The molecular weight excluding hydrogens is 196 g/mol.